The number of carbonyl (C=O) groups is 1. The number of hydrogen-bond acceptors (Lipinski definition) is 4. The van der Waals surface area contributed by atoms with Gasteiger partial charge in [-0.1, -0.05) is 37.3 Å². The Morgan fingerprint density at radius 1 is 1.16 bits per heavy atom. The molecule has 1 fully saturated rings. The van der Waals surface area contributed by atoms with E-state index in [2.05, 4.69) is 20.1 Å². The maximum absolute atomic E-state index is 13.0. The molecule has 0 atom stereocenters. The molecule has 6 nitrogen and oxygen atoms in total. The number of aryl methyl sites for hydroxylation is 1. The van der Waals surface area contributed by atoms with Gasteiger partial charge in [0.2, 0.25) is 5.91 Å². The van der Waals surface area contributed by atoms with Crippen molar-refractivity contribution < 1.29 is 4.79 Å². The lowest BCUT2D eigenvalue weighted by Crippen LogP contribution is -2.52. The zero-order valence-corrected chi connectivity index (χ0v) is 15.3. The molecule has 3 rings (SSSR count). The van der Waals surface area contributed by atoms with Crippen LogP contribution in [0.1, 0.15) is 38.0 Å². The van der Waals surface area contributed by atoms with Crippen LogP contribution in [0.25, 0.3) is 0 Å². The molecule has 1 aromatic heterocycles. The van der Waals surface area contributed by atoms with Gasteiger partial charge in [-0.05, 0) is 19.4 Å². The van der Waals surface area contributed by atoms with Gasteiger partial charge >= 0.3 is 0 Å². The molecule has 2 heterocycles. The summed E-state index contributed by atoms with van der Waals surface area (Å²) in [7, 11) is 0. The van der Waals surface area contributed by atoms with E-state index < -0.39 is 5.41 Å². The van der Waals surface area contributed by atoms with Crippen molar-refractivity contribution in [3.8, 4) is 0 Å². The number of benzene rings is 1. The molecule has 0 bridgehead atoms. The summed E-state index contributed by atoms with van der Waals surface area (Å²) >= 11 is 0. The van der Waals surface area contributed by atoms with Gasteiger partial charge in [0.05, 0.1) is 12.0 Å². The fourth-order valence-corrected chi connectivity index (χ4v) is 3.26. The van der Waals surface area contributed by atoms with Crippen molar-refractivity contribution in [1.29, 1.82) is 0 Å². The Morgan fingerprint density at radius 3 is 2.44 bits per heavy atom. The van der Waals surface area contributed by atoms with Gasteiger partial charge in [0.1, 0.15) is 11.6 Å². The Balaban J connectivity index is 1.57. The highest BCUT2D eigenvalue weighted by Gasteiger charge is 2.35. The Bertz CT molecular complexity index is 702. The largest absolute Gasteiger partial charge is 0.339 e. The van der Waals surface area contributed by atoms with E-state index in [0.717, 1.165) is 56.4 Å². The van der Waals surface area contributed by atoms with E-state index in [0.29, 0.717) is 0 Å². The maximum Gasteiger partial charge on any atom is 0.232 e. The average molecular weight is 341 g/mol. The first kappa shape index (κ1) is 17.6. The molecule has 134 valence electrons. The molecule has 1 N–H and O–H groups in total. The highest BCUT2D eigenvalue weighted by molar-refractivity contribution is 5.87. The number of rotatable bonds is 5. The van der Waals surface area contributed by atoms with Crippen molar-refractivity contribution in [2.24, 2.45) is 0 Å². The van der Waals surface area contributed by atoms with Crippen molar-refractivity contribution in [2.45, 2.75) is 39.2 Å². The van der Waals surface area contributed by atoms with Crippen LogP contribution in [0.4, 0.5) is 0 Å². The lowest BCUT2D eigenvalue weighted by atomic mass is 9.83. The standard InChI is InChI=1S/C19H27N5O/c1-4-16-20-17(22-21-16)14-23-10-12-24(13-11-23)18(25)19(2,3)15-8-6-5-7-9-15/h5-9H,4,10-14H2,1-3H3,(H,20,21,22). The van der Waals surface area contributed by atoms with Crippen LogP contribution >= 0.6 is 0 Å². The van der Waals surface area contributed by atoms with E-state index in [9.17, 15) is 4.79 Å². The summed E-state index contributed by atoms with van der Waals surface area (Å²) in [5.74, 6) is 1.96. The van der Waals surface area contributed by atoms with E-state index >= 15 is 0 Å². The SMILES string of the molecule is CCc1n[nH]c(CN2CCN(C(=O)C(C)(C)c3ccccc3)CC2)n1. The number of aromatic amines is 1. The molecule has 6 heteroatoms. The van der Waals surface area contributed by atoms with Gasteiger partial charge in [0, 0.05) is 32.6 Å². The predicted molar refractivity (Wildman–Crippen MR) is 97.1 cm³/mol. The molecule has 0 radical (unpaired) electrons. The highest BCUT2D eigenvalue weighted by Crippen LogP contribution is 2.26. The fraction of sp³-hybridized carbons (Fsp3) is 0.526. The van der Waals surface area contributed by atoms with Crippen LogP contribution in [0.15, 0.2) is 30.3 Å². The summed E-state index contributed by atoms with van der Waals surface area (Å²) in [4.78, 5) is 21.8. The topological polar surface area (TPSA) is 65.1 Å². The molecular formula is C19H27N5O. The molecule has 0 unspecified atom stereocenters. The van der Waals surface area contributed by atoms with E-state index in [1.54, 1.807) is 0 Å². The third-order valence-electron chi connectivity index (χ3n) is 4.96. The van der Waals surface area contributed by atoms with Gasteiger partial charge in [-0.25, -0.2) is 4.98 Å². The summed E-state index contributed by atoms with van der Waals surface area (Å²) in [6.07, 6.45) is 0.841. The fourth-order valence-electron chi connectivity index (χ4n) is 3.26. The molecule has 2 aromatic rings. The van der Waals surface area contributed by atoms with Gasteiger partial charge in [-0.15, -0.1) is 0 Å². The molecule has 0 spiro atoms. The van der Waals surface area contributed by atoms with E-state index in [1.807, 2.05) is 56.0 Å². The summed E-state index contributed by atoms with van der Waals surface area (Å²) < 4.78 is 0. The third-order valence-corrected chi connectivity index (χ3v) is 4.96. The molecule has 25 heavy (non-hydrogen) atoms. The summed E-state index contributed by atoms with van der Waals surface area (Å²) in [6, 6.07) is 10.0. The Hall–Kier alpha value is -2.21. The van der Waals surface area contributed by atoms with Crippen LogP contribution in [0, 0.1) is 0 Å². The number of piperazine rings is 1. The zero-order valence-electron chi connectivity index (χ0n) is 15.3. The normalized spacial score (nSPS) is 16.2. The van der Waals surface area contributed by atoms with Gasteiger partial charge in [0.25, 0.3) is 0 Å². The Kier molecular flexibility index (Phi) is 5.18. The van der Waals surface area contributed by atoms with Crippen LogP contribution in [0.2, 0.25) is 0 Å². The van der Waals surface area contributed by atoms with Crippen LogP contribution in [-0.4, -0.2) is 57.1 Å². The Morgan fingerprint density at radius 2 is 1.84 bits per heavy atom. The first-order chi connectivity index (χ1) is 12.0. The minimum Gasteiger partial charge on any atom is -0.339 e. The molecule has 1 aromatic carbocycles. The third kappa shape index (κ3) is 3.90. The molecule has 1 aliphatic heterocycles. The minimum atomic E-state index is -0.496. The molecule has 0 aliphatic carbocycles. The van der Waals surface area contributed by atoms with Crippen LogP contribution in [-0.2, 0) is 23.2 Å². The second-order valence-corrected chi connectivity index (χ2v) is 7.11. The monoisotopic (exact) mass is 341 g/mol. The summed E-state index contributed by atoms with van der Waals surface area (Å²) in [6.45, 7) is 10.1. The van der Waals surface area contributed by atoms with Crippen molar-refractivity contribution >= 4 is 5.91 Å². The second kappa shape index (κ2) is 7.35. The van der Waals surface area contributed by atoms with Crippen LogP contribution in [0.3, 0.4) is 0 Å². The molecule has 0 saturated carbocycles. The van der Waals surface area contributed by atoms with Gasteiger partial charge in [-0.3, -0.25) is 14.8 Å². The maximum atomic E-state index is 13.0. The lowest BCUT2D eigenvalue weighted by Gasteiger charge is -2.38. The van der Waals surface area contributed by atoms with Gasteiger partial charge in [-0.2, -0.15) is 5.10 Å². The number of aromatic nitrogens is 3. The number of nitrogens with zero attached hydrogens (tertiary/aromatic N) is 4. The highest BCUT2D eigenvalue weighted by atomic mass is 16.2. The van der Waals surface area contributed by atoms with Gasteiger partial charge in [0.15, 0.2) is 0 Å². The quantitative estimate of drug-likeness (QED) is 0.903. The van der Waals surface area contributed by atoms with Crippen LogP contribution < -0.4 is 0 Å². The minimum absolute atomic E-state index is 0.200. The Labute approximate surface area is 149 Å². The summed E-state index contributed by atoms with van der Waals surface area (Å²) in [5, 5.41) is 7.18. The van der Waals surface area contributed by atoms with Crippen molar-refractivity contribution in [2.75, 3.05) is 26.2 Å². The van der Waals surface area contributed by atoms with E-state index in [4.69, 9.17) is 0 Å². The number of H-pyrrole nitrogens is 1. The molecule has 1 aliphatic rings. The van der Waals surface area contributed by atoms with Crippen molar-refractivity contribution in [3.05, 3.63) is 47.5 Å². The lowest BCUT2D eigenvalue weighted by molar-refractivity contribution is -0.138. The van der Waals surface area contributed by atoms with Crippen molar-refractivity contribution in [1.82, 2.24) is 25.0 Å². The molecular weight excluding hydrogens is 314 g/mol. The first-order valence-corrected chi connectivity index (χ1v) is 8.98. The average Bonchev–Trinajstić information content (AvgIpc) is 3.10. The van der Waals surface area contributed by atoms with E-state index in [-0.39, 0.29) is 5.91 Å². The number of carbonyl (C=O) groups excluding carboxylic acids is 1. The molecule has 1 amide bonds. The van der Waals surface area contributed by atoms with Crippen molar-refractivity contribution in [3.63, 3.8) is 0 Å². The second-order valence-electron chi connectivity index (χ2n) is 7.11. The predicted octanol–water partition coefficient (Wildman–Crippen LogP) is 1.99. The number of hydrogen-bond donors (Lipinski definition) is 1. The van der Waals surface area contributed by atoms with Gasteiger partial charge < -0.3 is 4.90 Å². The number of amides is 1. The zero-order chi connectivity index (χ0) is 17.9. The van der Waals surface area contributed by atoms with E-state index in [1.165, 1.54) is 0 Å². The van der Waals surface area contributed by atoms with Crippen LogP contribution in [0.5, 0.6) is 0 Å². The molecule has 1 saturated heterocycles. The number of nitrogens with one attached hydrogen (secondary N) is 1. The smallest absolute Gasteiger partial charge is 0.232 e. The summed E-state index contributed by atoms with van der Waals surface area (Å²) in [5.41, 5.74) is 0.570. The first-order valence-electron chi connectivity index (χ1n) is 8.98.